The predicted molar refractivity (Wildman–Crippen MR) is 86.2 cm³/mol. The van der Waals surface area contributed by atoms with Crippen LogP contribution in [0.15, 0.2) is 0 Å². The van der Waals surface area contributed by atoms with E-state index in [0.29, 0.717) is 0 Å². The molecule has 1 unspecified atom stereocenters. The number of carbonyl (C=O) groups excluding carboxylic acids is 1. The molecule has 2 rings (SSSR count). The molecule has 5 nitrogen and oxygen atoms in total. The van der Waals surface area contributed by atoms with E-state index >= 15 is 0 Å². The molecule has 5 heteroatoms. The van der Waals surface area contributed by atoms with Crippen molar-refractivity contribution in [2.24, 2.45) is 5.73 Å². The third-order valence-corrected chi connectivity index (χ3v) is 4.89. The highest BCUT2D eigenvalue weighted by atomic mass is 16.1. The molecule has 0 aromatic rings. The first-order chi connectivity index (χ1) is 10.2. The first-order valence-corrected chi connectivity index (χ1v) is 8.69. The van der Waals surface area contributed by atoms with Crippen LogP contribution in [0.5, 0.6) is 0 Å². The van der Waals surface area contributed by atoms with Crippen LogP contribution >= 0.6 is 0 Å². The molecular weight excluding hydrogens is 264 g/mol. The Morgan fingerprint density at radius 2 is 1.86 bits per heavy atom. The second-order valence-corrected chi connectivity index (χ2v) is 6.54. The fourth-order valence-electron chi connectivity index (χ4n) is 3.58. The average Bonchev–Trinajstić information content (AvgIpc) is 2.52. The van der Waals surface area contributed by atoms with Crippen molar-refractivity contribution in [3.8, 4) is 0 Å². The van der Waals surface area contributed by atoms with Crippen molar-refractivity contribution in [3.05, 3.63) is 0 Å². The van der Waals surface area contributed by atoms with E-state index in [2.05, 4.69) is 22.0 Å². The smallest absolute Gasteiger partial charge is 0.235 e. The van der Waals surface area contributed by atoms with Gasteiger partial charge < -0.3 is 20.9 Å². The molecule has 2 heterocycles. The number of rotatable bonds is 7. The van der Waals surface area contributed by atoms with Gasteiger partial charge in [-0.3, -0.25) is 4.79 Å². The van der Waals surface area contributed by atoms with E-state index in [4.69, 9.17) is 5.73 Å². The van der Waals surface area contributed by atoms with Crippen LogP contribution in [-0.2, 0) is 4.79 Å². The van der Waals surface area contributed by atoms with Gasteiger partial charge in [0.15, 0.2) is 0 Å². The number of nitrogens with zero attached hydrogens (tertiary/aromatic N) is 2. The molecule has 2 saturated heterocycles. The van der Waals surface area contributed by atoms with Crippen molar-refractivity contribution in [3.63, 3.8) is 0 Å². The first kappa shape index (κ1) is 16.7. The van der Waals surface area contributed by atoms with E-state index in [1.54, 1.807) is 0 Å². The Kier molecular flexibility index (Phi) is 6.93. The zero-order valence-corrected chi connectivity index (χ0v) is 13.5. The molecule has 3 N–H and O–H groups in total. The molecule has 2 aliphatic rings. The fraction of sp³-hybridized carbons (Fsp3) is 0.938. The number of nitrogens with two attached hydrogens (primary N) is 1. The zero-order chi connectivity index (χ0) is 15.1. The molecule has 0 saturated carbocycles. The number of likely N-dealkylation sites (tertiary alicyclic amines) is 2. The van der Waals surface area contributed by atoms with E-state index in [9.17, 15) is 4.79 Å². The van der Waals surface area contributed by atoms with Gasteiger partial charge in [0, 0.05) is 12.6 Å². The van der Waals surface area contributed by atoms with Crippen LogP contribution in [0.1, 0.15) is 45.4 Å². The second-order valence-electron chi connectivity index (χ2n) is 6.54. The van der Waals surface area contributed by atoms with Gasteiger partial charge in [-0.2, -0.15) is 0 Å². The maximum atomic E-state index is 11.5. The lowest BCUT2D eigenvalue weighted by molar-refractivity contribution is -0.120. The normalized spacial score (nSPS) is 24.0. The Labute approximate surface area is 129 Å². The minimum atomic E-state index is -0.221. The molecule has 1 amide bonds. The van der Waals surface area contributed by atoms with Crippen molar-refractivity contribution in [2.75, 3.05) is 39.3 Å². The third kappa shape index (κ3) is 5.24. The van der Waals surface area contributed by atoms with Crippen molar-refractivity contribution < 1.29 is 4.79 Å². The van der Waals surface area contributed by atoms with Gasteiger partial charge in [-0.25, -0.2) is 0 Å². The Balaban J connectivity index is 1.73. The molecule has 122 valence electrons. The maximum Gasteiger partial charge on any atom is 0.235 e. The summed E-state index contributed by atoms with van der Waals surface area (Å²) in [4.78, 5) is 16.6. The molecule has 1 atom stereocenters. The van der Waals surface area contributed by atoms with E-state index in [0.717, 1.165) is 38.6 Å². The van der Waals surface area contributed by atoms with Gasteiger partial charge >= 0.3 is 0 Å². The third-order valence-electron chi connectivity index (χ3n) is 4.89. The van der Waals surface area contributed by atoms with Crippen molar-refractivity contribution in [2.45, 2.75) is 57.5 Å². The SMILES string of the molecule is CCCNC(CN1CCC(N2CCCCC2)CC1)C(N)=O. The highest BCUT2D eigenvalue weighted by molar-refractivity contribution is 5.80. The van der Waals surface area contributed by atoms with Gasteiger partial charge in [-0.15, -0.1) is 0 Å². The van der Waals surface area contributed by atoms with Crippen molar-refractivity contribution in [1.29, 1.82) is 0 Å². The van der Waals surface area contributed by atoms with Crippen LogP contribution in [-0.4, -0.2) is 67.1 Å². The number of primary amides is 1. The summed E-state index contributed by atoms with van der Waals surface area (Å²) < 4.78 is 0. The van der Waals surface area contributed by atoms with Crippen LogP contribution in [0.2, 0.25) is 0 Å². The summed E-state index contributed by atoms with van der Waals surface area (Å²) >= 11 is 0. The number of hydrogen-bond acceptors (Lipinski definition) is 4. The molecule has 0 aromatic heterocycles. The summed E-state index contributed by atoms with van der Waals surface area (Å²) in [6.07, 6.45) is 7.63. The minimum absolute atomic E-state index is 0.198. The van der Waals surface area contributed by atoms with E-state index < -0.39 is 0 Å². The number of hydrogen-bond donors (Lipinski definition) is 2. The quantitative estimate of drug-likeness (QED) is 0.729. The maximum absolute atomic E-state index is 11.5. The van der Waals surface area contributed by atoms with Crippen molar-refractivity contribution >= 4 is 5.91 Å². The zero-order valence-electron chi connectivity index (χ0n) is 13.5. The first-order valence-electron chi connectivity index (χ1n) is 8.69. The van der Waals surface area contributed by atoms with Gasteiger partial charge in [0.25, 0.3) is 0 Å². The molecule has 2 aliphatic heterocycles. The lowest BCUT2D eigenvalue weighted by Crippen LogP contribution is -2.53. The molecule has 0 radical (unpaired) electrons. The second kappa shape index (κ2) is 8.71. The highest BCUT2D eigenvalue weighted by Crippen LogP contribution is 2.20. The van der Waals surface area contributed by atoms with Gasteiger partial charge in [0.2, 0.25) is 5.91 Å². The summed E-state index contributed by atoms with van der Waals surface area (Å²) in [6.45, 7) is 8.49. The molecule has 0 spiro atoms. The van der Waals surface area contributed by atoms with E-state index in [-0.39, 0.29) is 11.9 Å². The van der Waals surface area contributed by atoms with Crippen LogP contribution in [0.3, 0.4) is 0 Å². The molecule has 2 fully saturated rings. The summed E-state index contributed by atoms with van der Waals surface area (Å²) in [7, 11) is 0. The van der Waals surface area contributed by atoms with Crippen LogP contribution in [0.25, 0.3) is 0 Å². The Morgan fingerprint density at radius 3 is 2.43 bits per heavy atom. The van der Waals surface area contributed by atoms with Gasteiger partial charge in [-0.05, 0) is 64.8 Å². The Morgan fingerprint density at radius 1 is 1.19 bits per heavy atom. The fourth-order valence-corrected chi connectivity index (χ4v) is 3.58. The summed E-state index contributed by atoms with van der Waals surface area (Å²) in [5.41, 5.74) is 5.50. The summed E-state index contributed by atoms with van der Waals surface area (Å²) in [6, 6.07) is 0.564. The van der Waals surface area contributed by atoms with Gasteiger partial charge in [0.1, 0.15) is 0 Å². The lowest BCUT2D eigenvalue weighted by Gasteiger charge is -2.40. The minimum Gasteiger partial charge on any atom is -0.368 e. The summed E-state index contributed by atoms with van der Waals surface area (Å²) in [5, 5.41) is 3.26. The lowest BCUT2D eigenvalue weighted by atomic mass is 9.99. The molecule has 0 aliphatic carbocycles. The monoisotopic (exact) mass is 296 g/mol. The summed E-state index contributed by atoms with van der Waals surface area (Å²) in [5.74, 6) is -0.221. The van der Waals surface area contributed by atoms with Crippen LogP contribution in [0.4, 0.5) is 0 Å². The number of nitrogens with one attached hydrogen (secondary N) is 1. The molecule has 21 heavy (non-hydrogen) atoms. The molecular formula is C16H32N4O. The average molecular weight is 296 g/mol. The van der Waals surface area contributed by atoms with Gasteiger partial charge in [-0.1, -0.05) is 13.3 Å². The number of amides is 1. The van der Waals surface area contributed by atoms with Crippen molar-refractivity contribution in [1.82, 2.24) is 15.1 Å². The molecule has 0 bridgehead atoms. The largest absolute Gasteiger partial charge is 0.368 e. The topological polar surface area (TPSA) is 61.6 Å². The van der Waals surface area contributed by atoms with E-state index in [1.165, 1.54) is 45.2 Å². The van der Waals surface area contributed by atoms with Gasteiger partial charge in [0.05, 0.1) is 6.04 Å². The molecule has 0 aromatic carbocycles. The number of carbonyl (C=O) groups is 1. The Bertz CT molecular complexity index is 309. The van der Waals surface area contributed by atoms with E-state index in [1.807, 2.05) is 0 Å². The van der Waals surface area contributed by atoms with Crippen LogP contribution < -0.4 is 11.1 Å². The highest BCUT2D eigenvalue weighted by Gasteiger charge is 2.27. The standard InChI is InChI=1S/C16H32N4O/c1-2-8-18-15(16(17)21)13-19-11-6-14(7-12-19)20-9-4-3-5-10-20/h14-15,18H,2-13H2,1H3,(H2,17,21). The predicted octanol–water partition coefficient (Wildman–Crippen LogP) is 0.790. The number of piperidine rings is 2. The van der Waals surface area contributed by atoms with Crippen LogP contribution in [0, 0.1) is 0 Å². The Hall–Kier alpha value is -0.650.